The number of amides is 1. The van der Waals surface area contributed by atoms with E-state index in [1.165, 1.54) is 11.3 Å². The van der Waals surface area contributed by atoms with E-state index in [-0.39, 0.29) is 5.91 Å². The first-order chi connectivity index (χ1) is 15.1. The van der Waals surface area contributed by atoms with Gasteiger partial charge in [-0.3, -0.25) is 9.69 Å². The molecule has 8 heteroatoms. The van der Waals surface area contributed by atoms with Crippen molar-refractivity contribution in [1.82, 2.24) is 9.88 Å². The minimum atomic E-state index is -0.122. The van der Waals surface area contributed by atoms with Crippen molar-refractivity contribution in [2.45, 2.75) is 13.8 Å². The number of thiazole rings is 1. The molecule has 7 nitrogen and oxygen atoms in total. The van der Waals surface area contributed by atoms with Gasteiger partial charge in [0.05, 0.1) is 21.3 Å². The van der Waals surface area contributed by atoms with Crippen molar-refractivity contribution >= 4 is 32.6 Å². The summed E-state index contributed by atoms with van der Waals surface area (Å²) < 4.78 is 17.2. The number of carbonyl (C=O) groups excluding carboxylic acids is 1. The molecule has 0 radical (unpaired) electrons. The van der Waals surface area contributed by atoms with Gasteiger partial charge in [-0.1, -0.05) is 31.3 Å². The second kappa shape index (κ2) is 10.5. The Bertz CT molecular complexity index is 992. The van der Waals surface area contributed by atoms with Crippen LogP contribution in [-0.2, 0) is 0 Å². The highest BCUT2D eigenvalue weighted by Gasteiger charge is 2.24. The van der Waals surface area contributed by atoms with Gasteiger partial charge in [0.15, 0.2) is 5.13 Å². The van der Waals surface area contributed by atoms with Crippen molar-refractivity contribution in [2.24, 2.45) is 0 Å². The molecule has 0 fully saturated rings. The molecular weight excluding hydrogens is 414 g/mol. The summed E-state index contributed by atoms with van der Waals surface area (Å²) in [5, 5.41) is 0.609. The van der Waals surface area contributed by atoms with E-state index in [9.17, 15) is 4.79 Å². The lowest BCUT2D eigenvalue weighted by Crippen LogP contribution is -2.38. The monoisotopic (exact) mass is 443 g/mol. The standard InChI is InChI=1S/C23H29N3O4S/c1-6-25(7-2)13-14-26(22(27)16-9-8-10-17(15-16)28-3)23-24-20-18(29-4)11-12-19(30-5)21(20)31-23/h8-12,15H,6-7,13-14H2,1-5H3. The molecule has 0 saturated carbocycles. The van der Waals surface area contributed by atoms with Crippen LogP contribution >= 0.6 is 11.3 Å². The van der Waals surface area contributed by atoms with Gasteiger partial charge in [0.2, 0.25) is 0 Å². The molecule has 31 heavy (non-hydrogen) atoms. The Kier molecular flexibility index (Phi) is 7.70. The van der Waals surface area contributed by atoms with Crippen LogP contribution in [0.2, 0.25) is 0 Å². The number of likely N-dealkylation sites (N-methyl/N-ethyl adjacent to an activating group) is 1. The number of hydrogen-bond donors (Lipinski definition) is 0. The van der Waals surface area contributed by atoms with Gasteiger partial charge in [-0.2, -0.15) is 0 Å². The first-order valence-corrected chi connectivity index (χ1v) is 11.1. The molecular formula is C23H29N3O4S. The lowest BCUT2D eigenvalue weighted by atomic mass is 10.2. The van der Waals surface area contributed by atoms with Crippen molar-refractivity contribution < 1.29 is 19.0 Å². The first kappa shape index (κ1) is 22.8. The van der Waals surface area contributed by atoms with Crippen LogP contribution in [0.15, 0.2) is 36.4 Å². The molecule has 1 amide bonds. The number of rotatable bonds is 10. The second-order valence-corrected chi connectivity index (χ2v) is 7.84. The summed E-state index contributed by atoms with van der Waals surface area (Å²) in [6.45, 7) is 7.32. The van der Waals surface area contributed by atoms with Crippen LogP contribution < -0.4 is 19.1 Å². The Labute approximate surface area is 187 Å². The summed E-state index contributed by atoms with van der Waals surface area (Å²) >= 11 is 1.43. The highest BCUT2D eigenvalue weighted by atomic mass is 32.1. The maximum absolute atomic E-state index is 13.5. The average molecular weight is 444 g/mol. The van der Waals surface area contributed by atoms with Gasteiger partial charge in [0.25, 0.3) is 5.91 Å². The van der Waals surface area contributed by atoms with Gasteiger partial charge in [0, 0.05) is 18.7 Å². The summed E-state index contributed by atoms with van der Waals surface area (Å²) in [5.74, 6) is 1.87. The normalized spacial score (nSPS) is 11.0. The SMILES string of the molecule is CCN(CC)CCN(C(=O)c1cccc(OC)c1)c1nc2c(OC)ccc(OC)c2s1. The molecule has 2 aromatic carbocycles. The van der Waals surface area contributed by atoms with Crippen LogP contribution in [0, 0.1) is 0 Å². The molecule has 166 valence electrons. The van der Waals surface area contributed by atoms with Crippen LogP contribution in [0.25, 0.3) is 10.2 Å². The van der Waals surface area contributed by atoms with Crippen LogP contribution in [0.5, 0.6) is 17.2 Å². The molecule has 3 rings (SSSR count). The van der Waals surface area contributed by atoms with Crippen molar-refractivity contribution in [3.05, 3.63) is 42.0 Å². The van der Waals surface area contributed by atoms with Gasteiger partial charge >= 0.3 is 0 Å². The predicted octanol–water partition coefficient (Wildman–Crippen LogP) is 4.31. The van der Waals surface area contributed by atoms with Crippen molar-refractivity contribution in [3.8, 4) is 17.2 Å². The number of hydrogen-bond acceptors (Lipinski definition) is 7. The van der Waals surface area contributed by atoms with E-state index in [4.69, 9.17) is 19.2 Å². The lowest BCUT2D eigenvalue weighted by molar-refractivity contribution is 0.0983. The average Bonchev–Trinajstić information content (AvgIpc) is 3.26. The van der Waals surface area contributed by atoms with E-state index in [1.54, 1.807) is 38.4 Å². The number of benzene rings is 2. The summed E-state index contributed by atoms with van der Waals surface area (Å²) in [6.07, 6.45) is 0. The highest BCUT2D eigenvalue weighted by Crippen LogP contribution is 2.40. The Balaban J connectivity index is 2.06. The fourth-order valence-electron chi connectivity index (χ4n) is 3.37. The third kappa shape index (κ3) is 4.91. The van der Waals surface area contributed by atoms with Crippen molar-refractivity contribution in [1.29, 1.82) is 0 Å². The fraction of sp³-hybridized carbons (Fsp3) is 0.391. The van der Waals surface area contributed by atoms with Crippen LogP contribution in [0.1, 0.15) is 24.2 Å². The number of anilines is 1. The van der Waals surface area contributed by atoms with E-state index < -0.39 is 0 Å². The first-order valence-electron chi connectivity index (χ1n) is 10.3. The minimum absolute atomic E-state index is 0.122. The van der Waals surface area contributed by atoms with Gasteiger partial charge < -0.3 is 19.1 Å². The molecule has 0 bridgehead atoms. The zero-order chi connectivity index (χ0) is 22.4. The molecule has 1 aromatic heterocycles. The summed E-state index contributed by atoms with van der Waals surface area (Å²) in [5.41, 5.74) is 1.24. The largest absolute Gasteiger partial charge is 0.497 e. The maximum atomic E-state index is 13.5. The smallest absolute Gasteiger partial charge is 0.260 e. The minimum Gasteiger partial charge on any atom is -0.497 e. The number of fused-ring (bicyclic) bond motifs is 1. The molecule has 0 spiro atoms. The quantitative estimate of drug-likeness (QED) is 0.465. The third-order valence-corrected chi connectivity index (χ3v) is 6.32. The number of aromatic nitrogens is 1. The number of nitrogens with zero attached hydrogens (tertiary/aromatic N) is 3. The number of carbonyl (C=O) groups is 1. The molecule has 0 unspecified atom stereocenters. The summed E-state index contributed by atoms with van der Waals surface area (Å²) in [4.78, 5) is 22.3. The summed E-state index contributed by atoms with van der Waals surface area (Å²) in [7, 11) is 4.83. The number of ether oxygens (including phenoxy) is 3. The van der Waals surface area contributed by atoms with E-state index in [1.807, 2.05) is 24.3 Å². The highest BCUT2D eigenvalue weighted by molar-refractivity contribution is 7.22. The second-order valence-electron chi connectivity index (χ2n) is 6.86. The van der Waals surface area contributed by atoms with Gasteiger partial charge in [0.1, 0.15) is 27.5 Å². The van der Waals surface area contributed by atoms with Crippen molar-refractivity contribution in [2.75, 3.05) is 52.4 Å². The molecule has 1 heterocycles. The fourth-order valence-corrected chi connectivity index (χ4v) is 4.47. The maximum Gasteiger partial charge on any atom is 0.260 e. The van der Waals surface area contributed by atoms with E-state index in [0.717, 1.165) is 24.3 Å². The molecule has 3 aromatic rings. The van der Waals surface area contributed by atoms with Crippen LogP contribution in [0.4, 0.5) is 5.13 Å². The van der Waals surface area contributed by atoms with Crippen molar-refractivity contribution in [3.63, 3.8) is 0 Å². The van der Waals surface area contributed by atoms with E-state index in [2.05, 4.69) is 18.7 Å². The lowest BCUT2D eigenvalue weighted by Gasteiger charge is -2.24. The Morgan fingerprint density at radius 1 is 0.968 bits per heavy atom. The molecule has 0 aliphatic heterocycles. The van der Waals surface area contributed by atoms with E-state index in [0.29, 0.717) is 40.0 Å². The Morgan fingerprint density at radius 3 is 2.32 bits per heavy atom. The molecule has 0 N–H and O–H groups in total. The Morgan fingerprint density at radius 2 is 1.68 bits per heavy atom. The predicted molar refractivity (Wildman–Crippen MR) is 125 cm³/mol. The van der Waals surface area contributed by atoms with Gasteiger partial charge in [-0.25, -0.2) is 4.98 Å². The van der Waals surface area contributed by atoms with Crippen LogP contribution in [-0.4, -0.2) is 63.3 Å². The Hall–Kier alpha value is -2.84. The summed E-state index contributed by atoms with van der Waals surface area (Å²) in [6, 6.07) is 10.9. The molecule has 0 aliphatic rings. The molecule has 0 saturated heterocycles. The number of methoxy groups -OCH3 is 3. The van der Waals surface area contributed by atoms with E-state index >= 15 is 0 Å². The zero-order valence-electron chi connectivity index (χ0n) is 18.7. The zero-order valence-corrected chi connectivity index (χ0v) is 19.5. The van der Waals surface area contributed by atoms with Gasteiger partial charge in [-0.05, 0) is 43.4 Å². The molecule has 0 atom stereocenters. The third-order valence-electron chi connectivity index (χ3n) is 5.23. The van der Waals surface area contributed by atoms with Crippen LogP contribution in [0.3, 0.4) is 0 Å². The molecule has 0 aliphatic carbocycles. The topological polar surface area (TPSA) is 64.1 Å². The van der Waals surface area contributed by atoms with Gasteiger partial charge in [-0.15, -0.1) is 0 Å².